The Kier molecular flexibility index (Phi) is 6.99. The third kappa shape index (κ3) is 4.35. The van der Waals surface area contributed by atoms with E-state index in [-0.39, 0.29) is 18.4 Å². The molecule has 0 saturated heterocycles. The summed E-state index contributed by atoms with van der Waals surface area (Å²) in [7, 11) is 1.56. The molecule has 21 heavy (non-hydrogen) atoms. The van der Waals surface area contributed by atoms with Crippen LogP contribution in [0, 0.1) is 0 Å². The number of amides is 2. The number of carbonyl (C=O) groups excluding carboxylic acids is 2. The quantitative estimate of drug-likeness (QED) is 0.870. The Bertz CT molecular complexity index is 500. The van der Waals surface area contributed by atoms with Crippen molar-refractivity contribution in [1.29, 1.82) is 0 Å². The molecular weight excluding hydrogens is 311 g/mol. The highest BCUT2D eigenvalue weighted by Gasteiger charge is 2.28. The maximum absolute atomic E-state index is 12.2. The Morgan fingerprint density at radius 3 is 2.24 bits per heavy atom. The number of nitrogens with zero attached hydrogens (tertiary/aromatic N) is 1. The summed E-state index contributed by atoms with van der Waals surface area (Å²) >= 11 is 12.3. The van der Waals surface area contributed by atoms with E-state index in [0.29, 0.717) is 28.5 Å². The van der Waals surface area contributed by atoms with Crippen LogP contribution in [0.2, 0.25) is 10.0 Å². The molecule has 0 heterocycles. The van der Waals surface area contributed by atoms with Gasteiger partial charge in [0.2, 0.25) is 11.8 Å². The highest BCUT2D eigenvalue weighted by Crippen LogP contribution is 2.27. The van der Waals surface area contributed by atoms with Gasteiger partial charge in [0.15, 0.2) is 0 Å². The summed E-state index contributed by atoms with van der Waals surface area (Å²) in [6.07, 6.45) is 0.836. The molecule has 0 radical (unpaired) electrons. The molecule has 0 aromatic heterocycles. The van der Waals surface area contributed by atoms with E-state index >= 15 is 0 Å². The molecule has 0 spiro atoms. The highest BCUT2D eigenvalue weighted by molar-refractivity contribution is 6.36. The summed E-state index contributed by atoms with van der Waals surface area (Å²) < 4.78 is 0. The largest absolute Gasteiger partial charge is 0.357 e. The van der Waals surface area contributed by atoms with Gasteiger partial charge in [0, 0.05) is 35.6 Å². The van der Waals surface area contributed by atoms with Gasteiger partial charge in [-0.1, -0.05) is 43.1 Å². The van der Waals surface area contributed by atoms with Crippen LogP contribution in [-0.4, -0.2) is 29.8 Å². The molecule has 0 aliphatic carbocycles. The lowest BCUT2D eigenvalue weighted by molar-refractivity contribution is -0.141. The van der Waals surface area contributed by atoms with Crippen LogP contribution in [0.25, 0.3) is 0 Å². The number of nitrogens with one attached hydrogen (secondary N) is 1. The second-order valence-electron chi connectivity index (χ2n) is 4.61. The molecule has 0 saturated carbocycles. The molecule has 116 valence electrons. The molecule has 0 fully saturated rings. The van der Waals surface area contributed by atoms with Gasteiger partial charge in [-0.2, -0.15) is 0 Å². The summed E-state index contributed by atoms with van der Waals surface area (Å²) in [6, 6.07) is 4.65. The van der Waals surface area contributed by atoms with E-state index in [1.54, 1.807) is 32.2 Å². The fraction of sp³-hybridized carbons (Fsp3) is 0.467. The van der Waals surface area contributed by atoms with Crippen LogP contribution in [0.4, 0.5) is 0 Å². The molecule has 0 aliphatic rings. The lowest BCUT2D eigenvalue weighted by atomic mass is 10.1. The minimum Gasteiger partial charge on any atom is -0.357 e. The van der Waals surface area contributed by atoms with Gasteiger partial charge in [0.1, 0.15) is 6.04 Å². The molecule has 0 unspecified atom stereocenters. The first-order valence-corrected chi connectivity index (χ1v) is 7.65. The summed E-state index contributed by atoms with van der Waals surface area (Å²) in [5.41, 5.74) is 0.657. The zero-order valence-corrected chi connectivity index (χ0v) is 14.0. The van der Waals surface area contributed by atoms with Crippen molar-refractivity contribution in [2.75, 3.05) is 7.05 Å². The van der Waals surface area contributed by atoms with Crippen LogP contribution in [-0.2, 0) is 16.1 Å². The van der Waals surface area contributed by atoms with Crippen molar-refractivity contribution in [1.82, 2.24) is 10.2 Å². The Balaban J connectivity index is 3.14. The second-order valence-corrected chi connectivity index (χ2v) is 5.43. The van der Waals surface area contributed by atoms with Crippen LogP contribution in [0.3, 0.4) is 0 Å². The number of likely N-dealkylation sites (N-methyl/N-ethyl adjacent to an activating group) is 1. The van der Waals surface area contributed by atoms with E-state index in [1.165, 1.54) is 4.90 Å². The lowest BCUT2D eigenvalue weighted by Gasteiger charge is -2.30. The Hall–Kier alpha value is -1.26. The van der Waals surface area contributed by atoms with E-state index in [1.807, 2.05) is 6.92 Å². The summed E-state index contributed by atoms with van der Waals surface area (Å²) in [5, 5.41) is 3.57. The topological polar surface area (TPSA) is 49.4 Å². The molecule has 1 atom stereocenters. The van der Waals surface area contributed by atoms with E-state index in [9.17, 15) is 9.59 Å². The Labute approximate surface area is 135 Å². The van der Waals surface area contributed by atoms with Crippen LogP contribution in [0.1, 0.15) is 32.3 Å². The van der Waals surface area contributed by atoms with Crippen LogP contribution in [0.15, 0.2) is 18.2 Å². The van der Waals surface area contributed by atoms with Crippen molar-refractivity contribution >= 4 is 35.0 Å². The molecule has 2 amide bonds. The summed E-state index contributed by atoms with van der Waals surface area (Å²) in [6.45, 7) is 3.85. The van der Waals surface area contributed by atoms with Crippen LogP contribution < -0.4 is 5.32 Å². The van der Waals surface area contributed by atoms with Gasteiger partial charge in [-0.25, -0.2) is 0 Å². The van der Waals surface area contributed by atoms with Gasteiger partial charge in [0.25, 0.3) is 0 Å². The smallest absolute Gasteiger partial charge is 0.242 e. The monoisotopic (exact) mass is 330 g/mol. The first-order chi connectivity index (χ1) is 9.96. The van der Waals surface area contributed by atoms with E-state index < -0.39 is 6.04 Å². The molecule has 1 aromatic rings. The van der Waals surface area contributed by atoms with Crippen LogP contribution >= 0.6 is 23.2 Å². The molecule has 4 nitrogen and oxygen atoms in total. The molecule has 6 heteroatoms. The zero-order chi connectivity index (χ0) is 16.0. The summed E-state index contributed by atoms with van der Waals surface area (Å²) in [5.74, 6) is -0.302. The maximum atomic E-state index is 12.2. The number of carbonyl (C=O) groups is 2. The van der Waals surface area contributed by atoms with Crippen molar-refractivity contribution in [2.45, 2.75) is 39.3 Å². The van der Waals surface area contributed by atoms with E-state index in [4.69, 9.17) is 23.2 Å². The third-order valence-corrected chi connectivity index (χ3v) is 4.03. The average molecular weight is 331 g/mol. The molecular formula is C15H20Cl2N2O2. The number of halogens is 2. The van der Waals surface area contributed by atoms with Crippen molar-refractivity contribution in [3.8, 4) is 0 Å². The number of hydrogen-bond donors (Lipinski definition) is 1. The first-order valence-electron chi connectivity index (χ1n) is 6.90. The van der Waals surface area contributed by atoms with Crippen molar-refractivity contribution in [3.63, 3.8) is 0 Å². The van der Waals surface area contributed by atoms with Crippen molar-refractivity contribution in [3.05, 3.63) is 33.8 Å². The highest BCUT2D eigenvalue weighted by atomic mass is 35.5. The zero-order valence-electron chi connectivity index (χ0n) is 12.5. The second kappa shape index (κ2) is 8.25. The predicted molar refractivity (Wildman–Crippen MR) is 85.4 cm³/mol. The third-order valence-electron chi connectivity index (χ3n) is 3.32. The summed E-state index contributed by atoms with van der Waals surface area (Å²) in [4.78, 5) is 25.7. The van der Waals surface area contributed by atoms with E-state index in [0.717, 1.165) is 0 Å². The minimum atomic E-state index is -0.533. The number of hydrogen-bond acceptors (Lipinski definition) is 2. The number of rotatable bonds is 6. The van der Waals surface area contributed by atoms with Crippen molar-refractivity contribution < 1.29 is 9.59 Å². The van der Waals surface area contributed by atoms with E-state index in [2.05, 4.69) is 5.32 Å². The van der Waals surface area contributed by atoms with Gasteiger partial charge in [-0.05, 0) is 18.6 Å². The van der Waals surface area contributed by atoms with Crippen molar-refractivity contribution in [2.24, 2.45) is 0 Å². The molecule has 1 N–H and O–H groups in total. The minimum absolute atomic E-state index is 0.110. The van der Waals surface area contributed by atoms with Gasteiger partial charge >= 0.3 is 0 Å². The van der Waals surface area contributed by atoms with Gasteiger partial charge < -0.3 is 10.2 Å². The predicted octanol–water partition coefficient (Wildman–Crippen LogP) is 3.26. The standard InChI is InChI=1S/C15H20Cl2N2O2/c1-4-13(15(21)18-3)19(14(20)5-2)9-10-11(16)7-6-8-12(10)17/h6-8,13H,4-5,9H2,1-3H3,(H,18,21)/t13-/m0/s1. The normalized spacial score (nSPS) is 11.9. The molecule has 1 rings (SSSR count). The Morgan fingerprint density at radius 2 is 1.81 bits per heavy atom. The molecule has 0 aliphatic heterocycles. The first kappa shape index (κ1) is 17.8. The SMILES string of the molecule is CCC(=O)N(Cc1c(Cl)cccc1Cl)[C@@H](CC)C(=O)NC. The van der Waals surface area contributed by atoms with Crippen LogP contribution in [0.5, 0.6) is 0 Å². The van der Waals surface area contributed by atoms with Gasteiger partial charge in [-0.3, -0.25) is 9.59 Å². The average Bonchev–Trinajstić information content (AvgIpc) is 2.48. The lowest BCUT2D eigenvalue weighted by Crippen LogP contribution is -2.48. The molecule has 1 aromatic carbocycles. The molecule has 0 bridgehead atoms. The van der Waals surface area contributed by atoms with Gasteiger partial charge in [0.05, 0.1) is 0 Å². The van der Waals surface area contributed by atoms with Gasteiger partial charge in [-0.15, -0.1) is 0 Å². The maximum Gasteiger partial charge on any atom is 0.242 e. The fourth-order valence-electron chi connectivity index (χ4n) is 2.14. The Morgan fingerprint density at radius 1 is 1.24 bits per heavy atom. The number of benzene rings is 1. The fourth-order valence-corrected chi connectivity index (χ4v) is 2.66.